The maximum absolute atomic E-state index is 11.8. The third-order valence-electron chi connectivity index (χ3n) is 2.07. The molecule has 0 saturated carbocycles. The molecular weight excluding hydrogens is 345 g/mol. The zero-order valence-corrected chi connectivity index (χ0v) is 11.8. The normalized spacial score (nSPS) is 10.4. The molecule has 0 saturated heterocycles. The van der Waals surface area contributed by atoms with E-state index in [9.17, 15) is 9.90 Å². The first-order valence-corrected chi connectivity index (χ1v) is 6.27. The second-order valence-corrected chi connectivity index (χ2v) is 4.97. The molecule has 2 rings (SSSR count). The number of furan rings is 1. The molecule has 0 unspecified atom stereocenters. The maximum Gasteiger partial charge on any atom is 0.291 e. The van der Waals surface area contributed by atoms with Crippen LogP contribution in [0, 0.1) is 0 Å². The molecule has 7 heteroatoms. The molecule has 0 bridgehead atoms. The lowest BCUT2D eigenvalue weighted by atomic mass is 10.3. The molecular formula is C11H6BrCl2NO3. The van der Waals surface area contributed by atoms with Gasteiger partial charge in [0.1, 0.15) is 0 Å². The van der Waals surface area contributed by atoms with E-state index in [1.54, 1.807) is 6.07 Å². The van der Waals surface area contributed by atoms with E-state index in [1.165, 1.54) is 18.2 Å². The van der Waals surface area contributed by atoms with Crippen LogP contribution in [-0.4, -0.2) is 11.0 Å². The van der Waals surface area contributed by atoms with Crippen LogP contribution in [0.4, 0.5) is 5.69 Å². The minimum Gasteiger partial charge on any atom is -0.504 e. The SMILES string of the molecule is O=C(Nc1cc(Cl)cc(Cl)c1O)c1ccc(Br)o1. The third kappa shape index (κ3) is 2.80. The largest absolute Gasteiger partial charge is 0.504 e. The monoisotopic (exact) mass is 349 g/mol. The van der Waals surface area contributed by atoms with Crippen molar-refractivity contribution in [2.45, 2.75) is 0 Å². The van der Waals surface area contributed by atoms with Gasteiger partial charge in [0.05, 0.1) is 10.7 Å². The summed E-state index contributed by atoms with van der Waals surface area (Å²) in [6, 6.07) is 5.83. The highest BCUT2D eigenvalue weighted by molar-refractivity contribution is 9.10. The summed E-state index contributed by atoms with van der Waals surface area (Å²) in [5, 5.41) is 12.5. The Morgan fingerprint density at radius 3 is 2.67 bits per heavy atom. The molecule has 1 aromatic carbocycles. The van der Waals surface area contributed by atoms with Crippen molar-refractivity contribution in [2.75, 3.05) is 5.32 Å². The molecule has 2 aromatic rings. The second-order valence-electron chi connectivity index (χ2n) is 3.34. The molecule has 1 heterocycles. The Labute approximate surface area is 121 Å². The van der Waals surface area contributed by atoms with Gasteiger partial charge in [-0.15, -0.1) is 0 Å². The molecule has 94 valence electrons. The molecule has 1 amide bonds. The van der Waals surface area contributed by atoms with Crippen molar-refractivity contribution in [3.63, 3.8) is 0 Å². The van der Waals surface area contributed by atoms with Gasteiger partial charge in [0, 0.05) is 5.02 Å². The Balaban J connectivity index is 2.27. The van der Waals surface area contributed by atoms with Crippen molar-refractivity contribution in [1.82, 2.24) is 0 Å². The van der Waals surface area contributed by atoms with Crippen LogP contribution >= 0.6 is 39.1 Å². The standard InChI is InChI=1S/C11H6BrCl2NO3/c12-9-2-1-8(18-9)11(17)15-7-4-5(13)3-6(14)10(7)16/h1-4,16H,(H,15,17). The maximum atomic E-state index is 11.8. The van der Waals surface area contributed by atoms with Gasteiger partial charge in [0.15, 0.2) is 16.2 Å². The van der Waals surface area contributed by atoms with E-state index in [1.807, 2.05) is 0 Å². The average molecular weight is 351 g/mol. The molecule has 1 aromatic heterocycles. The van der Waals surface area contributed by atoms with Crippen LogP contribution in [0.2, 0.25) is 10.0 Å². The van der Waals surface area contributed by atoms with E-state index >= 15 is 0 Å². The van der Waals surface area contributed by atoms with E-state index in [2.05, 4.69) is 21.2 Å². The first-order chi connectivity index (χ1) is 8.47. The number of benzene rings is 1. The fourth-order valence-corrected chi connectivity index (χ4v) is 2.08. The first-order valence-electron chi connectivity index (χ1n) is 4.72. The van der Waals surface area contributed by atoms with Gasteiger partial charge in [-0.2, -0.15) is 0 Å². The van der Waals surface area contributed by atoms with Crippen LogP contribution < -0.4 is 5.32 Å². The minimum atomic E-state index is -0.519. The summed E-state index contributed by atoms with van der Waals surface area (Å²) in [6.45, 7) is 0. The van der Waals surface area contributed by atoms with E-state index in [4.69, 9.17) is 27.6 Å². The predicted octanol–water partition coefficient (Wildman–Crippen LogP) is 4.31. The van der Waals surface area contributed by atoms with Crippen LogP contribution in [-0.2, 0) is 0 Å². The number of anilines is 1. The molecule has 0 radical (unpaired) electrons. The van der Waals surface area contributed by atoms with E-state index < -0.39 is 5.91 Å². The zero-order chi connectivity index (χ0) is 13.3. The van der Waals surface area contributed by atoms with Gasteiger partial charge in [-0.05, 0) is 40.2 Å². The highest BCUT2D eigenvalue weighted by atomic mass is 79.9. The summed E-state index contributed by atoms with van der Waals surface area (Å²) in [6.07, 6.45) is 0. The number of carbonyl (C=O) groups is 1. The molecule has 0 aliphatic rings. The predicted molar refractivity (Wildman–Crippen MR) is 72.5 cm³/mol. The van der Waals surface area contributed by atoms with Gasteiger partial charge in [-0.3, -0.25) is 4.79 Å². The Kier molecular flexibility index (Phi) is 3.85. The lowest BCUT2D eigenvalue weighted by Crippen LogP contribution is -2.11. The molecule has 0 spiro atoms. The van der Waals surface area contributed by atoms with Crippen LogP contribution in [0.25, 0.3) is 0 Å². The summed E-state index contributed by atoms with van der Waals surface area (Å²) < 4.78 is 5.51. The third-order valence-corrected chi connectivity index (χ3v) is 3.01. The number of halogens is 3. The number of phenols is 1. The lowest BCUT2D eigenvalue weighted by molar-refractivity contribution is 0.0995. The number of amides is 1. The highest BCUT2D eigenvalue weighted by Crippen LogP contribution is 2.35. The van der Waals surface area contributed by atoms with Crippen molar-refractivity contribution in [2.24, 2.45) is 0 Å². The van der Waals surface area contributed by atoms with Crippen molar-refractivity contribution in [1.29, 1.82) is 0 Å². The van der Waals surface area contributed by atoms with Gasteiger partial charge in [0.25, 0.3) is 5.91 Å². The number of nitrogens with one attached hydrogen (secondary N) is 1. The van der Waals surface area contributed by atoms with Crippen LogP contribution in [0.5, 0.6) is 5.75 Å². The molecule has 18 heavy (non-hydrogen) atoms. The number of carbonyl (C=O) groups excluding carboxylic acids is 1. The lowest BCUT2D eigenvalue weighted by Gasteiger charge is -2.07. The number of hydrogen-bond donors (Lipinski definition) is 2. The van der Waals surface area contributed by atoms with Gasteiger partial charge >= 0.3 is 0 Å². The first kappa shape index (κ1) is 13.3. The minimum absolute atomic E-state index is 0.0541. The Bertz CT molecular complexity index is 612. The van der Waals surface area contributed by atoms with E-state index in [-0.39, 0.29) is 22.2 Å². The van der Waals surface area contributed by atoms with Gasteiger partial charge in [-0.1, -0.05) is 23.2 Å². The number of phenolic OH excluding ortho intramolecular Hbond substituents is 1. The van der Waals surface area contributed by atoms with Gasteiger partial charge in [0.2, 0.25) is 0 Å². The number of rotatable bonds is 2. The molecule has 4 nitrogen and oxygen atoms in total. The highest BCUT2D eigenvalue weighted by Gasteiger charge is 2.15. The number of aromatic hydroxyl groups is 1. The fourth-order valence-electron chi connectivity index (χ4n) is 1.28. The van der Waals surface area contributed by atoms with Crippen LogP contribution in [0.15, 0.2) is 33.4 Å². The summed E-state index contributed by atoms with van der Waals surface area (Å²) in [5.74, 6) is -0.674. The Morgan fingerprint density at radius 2 is 2.06 bits per heavy atom. The van der Waals surface area contributed by atoms with Gasteiger partial charge < -0.3 is 14.8 Å². The smallest absolute Gasteiger partial charge is 0.291 e. The summed E-state index contributed by atoms with van der Waals surface area (Å²) in [5.41, 5.74) is 0.116. The Hall–Kier alpha value is -1.17. The zero-order valence-electron chi connectivity index (χ0n) is 8.71. The second kappa shape index (κ2) is 5.22. The summed E-state index contributed by atoms with van der Waals surface area (Å²) in [4.78, 5) is 11.8. The molecule has 0 aliphatic heterocycles. The van der Waals surface area contributed by atoms with E-state index in [0.29, 0.717) is 9.69 Å². The quantitative estimate of drug-likeness (QED) is 0.793. The van der Waals surface area contributed by atoms with E-state index in [0.717, 1.165) is 0 Å². The summed E-state index contributed by atoms with van der Waals surface area (Å²) >= 11 is 14.6. The van der Waals surface area contributed by atoms with Crippen molar-refractivity contribution < 1.29 is 14.3 Å². The van der Waals surface area contributed by atoms with Crippen LogP contribution in [0.3, 0.4) is 0 Å². The topological polar surface area (TPSA) is 62.5 Å². The summed E-state index contributed by atoms with van der Waals surface area (Å²) in [7, 11) is 0. The van der Waals surface area contributed by atoms with Crippen molar-refractivity contribution in [3.8, 4) is 5.75 Å². The fraction of sp³-hybridized carbons (Fsp3) is 0. The van der Waals surface area contributed by atoms with Crippen molar-refractivity contribution in [3.05, 3.63) is 44.7 Å². The Morgan fingerprint density at radius 1 is 1.33 bits per heavy atom. The van der Waals surface area contributed by atoms with Gasteiger partial charge in [-0.25, -0.2) is 0 Å². The molecule has 0 fully saturated rings. The molecule has 0 atom stereocenters. The van der Waals surface area contributed by atoms with Crippen LogP contribution in [0.1, 0.15) is 10.6 Å². The number of hydrogen-bond acceptors (Lipinski definition) is 3. The molecule has 2 N–H and O–H groups in total. The molecule has 0 aliphatic carbocycles. The van der Waals surface area contributed by atoms with Crippen molar-refractivity contribution >= 4 is 50.7 Å². The average Bonchev–Trinajstić information content (AvgIpc) is 2.72.